The zero-order valence-electron chi connectivity index (χ0n) is 20.3. The van der Waals surface area contributed by atoms with Crippen LogP contribution in [0.2, 0.25) is 0 Å². The number of ether oxygens (including phenoxy) is 2. The molecule has 3 heterocycles. The van der Waals surface area contributed by atoms with Gasteiger partial charge in [0.05, 0.1) is 4.70 Å². The van der Waals surface area contributed by atoms with Gasteiger partial charge in [-0.15, -0.1) is 4.91 Å². The minimum Gasteiger partial charge on any atom is -0.454 e. The number of amides is 1. The van der Waals surface area contributed by atoms with E-state index in [1.165, 1.54) is 27.8 Å². The summed E-state index contributed by atoms with van der Waals surface area (Å²) in [4.78, 5) is 28.4. The van der Waals surface area contributed by atoms with Crippen LogP contribution in [0.5, 0.6) is 11.5 Å². The van der Waals surface area contributed by atoms with Crippen molar-refractivity contribution in [1.82, 2.24) is 14.6 Å². The Hall–Kier alpha value is -3.76. The Morgan fingerprint density at radius 3 is 2.76 bits per heavy atom. The first-order chi connectivity index (χ1) is 18.1. The lowest BCUT2D eigenvalue weighted by atomic mass is 10.1. The van der Waals surface area contributed by atoms with Gasteiger partial charge in [0.25, 0.3) is 0 Å². The van der Waals surface area contributed by atoms with Crippen molar-refractivity contribution >= 4 is 45.1 Å². The van der Waals surface area contributed by atoms with Crippen LogP contribution in [0.4, 0.5) is 11.5 Å². The Morgan fingerprint density at radius 1 is 1.16 bits per heavy atom. The lowest BCUT2D eigenvalue weighted by molar-refractivity contribution is -0.116. The summed E-state index contributed by atoms with van der Waals surface area (Å²) in [5.74, 6) is 2.57. The highest BCUT2D eigenvalue weighted by atomic mass is 32.1. The summed E-state index contributed by atoms with van der Waals surface area (Å²) >= 11 is 1.56. The van der Waals surface area contributed by atoms with Crippen molar-refractivity contribution in [3.05, 3.63) is 65.1 Å². The fourth-order valence-corrected chi connectivity index (χ4v) is 5.87. The second kappa shape index (κ2) is 9.95. The number of aromatic nitrogens is 1. The molecule has 1 amide bonds. The standard InChI is InChI=1S/C27H27N5O4S/c1-17-20(14-28-26(33)7-6-18-12-23-24(36-16-35-23)13-22(18)29-34)21(17)15-31-8-10-32(11-9-31)27-19-4-2-3-5-25(19)37-30-27/h2-7,12-13,20-21H,1,8-11,14-16H2,(H,28,33)/b7-6+/t20-,21-/m0/s1. The number of piperazine rings is 1. The summed E-state index contributed by atoms with van der Waals surface area (Å²) in [6, 6.07) is 11.6. The van der Waals surface area contributed by atoms with Crippen molar-refractivity contribution in [3.63, 3.8) is 0 Å². The number of fused-ring (bicyclic) bond motifs is 2. The maximum atomic E-state index is 12.4. The first-order valence-electron chi connectivity index (χ1n) is 12.3. The van der Waals surface area contributed by atoms with Crippen LogP contribution in [0.15, 0.2) is 59.8 Å². The quantitative estimate of drug-likeness (QED) is 0.272. The van der Waals surface area contributed by atoms with Crippen LogP contribution in [0.1, 0.15) is 5.56 Å². The molecule has 1 N–H and O–H groups in total. The van der Waals surface area contributed by atoms with Crippen molar-refractivity contribution in [2.24, 2.45) is 17.0 Å². The summed E-state index contributed by atoms with van der Waals surface area (Å²) in [5, 5.41) is 7.22. The topological polar surface area (TPSA) is 96.4 Å². The predicted molar refractivity (Wildman–Crippen MR) is 144 cm³/mol. The Morgan fingerprint density at radius 2 is 1.95 bits per heavy atom. The summed E-state index contributed by atoms with van der Waals surface area (Å²) in [5.41, 5.74) is 1.90. The number of anilines is 1. The summed E-state index contributed by atoms with van der Waals surface area (Å²) < 4.78 is 16.5. The molecule has 1 saturated heterocycles. The lowest BCUT2D eigenvalue weighted by Crippen LogP contribution is -2.47. The van der Waals surface area contributed by atoms with Gasteiger partial charge in [0.2, 0.25) is 12.7 Å². The van der Waals surface area contributed by atoms with Crippen LogP contribution in [-0.2, 0) is 4.79 Å². The Bertz CT molecular complexity index is 1390. The summed E-state index contributed by atoms with van der Waals surface area (Å²) in [7, 11) is 0. The van der Waals surface area contributed by atoms with Crippen molar-refractivity contribution in [2.45, 2.75) is 0 Å². The van der Waals surface area contributed by atoms with E-state index < -0.39 is 0 Å². The van der Waals surface area contributed by atoms with E-state index in [4.69, 9.17) is 13.8 Å². The molecular weight excluding hydrogens is 490 g/mol. The summed E-state index contributed by atoms with van der Waals surface area (Å²) in [6.45, 7) is 9.73. The minimum atomic E-state index is -0.225. The average Bonchev–Trinajstić information content (AvgIpc) is 3.27. The SMILES string of the molecule is C=C1[C@H](CNC(=O)/C=C/c2cc3c(cc2N=O)OCO3)[C@H]1CN1CCN(c2nsc3ccccc23)CC1. The second-order valence-corrected chi connectivity index (χ2v) is 10.3. The molecule has 10 heteroatoms. The Kier molecular flexibility index (Phi) is 6.35. The molecule has 2 aromatic carbocycles. The number of nitroso groups, excluding NO2 is 1. The molecule has 3 aromatic rings. The van der Waals surface area contributed by atoms with E-state index in [-0.39, 0.29) is 24.3 Å². The number of rotatable bonds is 8. The van der Waals surface area contributed by atoms with E-state index in [0.717, 1.165) is 38.5 Å². The number of hydrogen-bond donors (Lipinski definition) is 1. The zero-order chi connectivity index (χ0) is 25.4. The van der Waals surface area contributed by atoms with E-state index in [2.05, 4.69) is 51.1 Å². The molecule has 6 rings (SSSR count). The molecule has 190 valence electrons. The number of nitrogens with one attached hydrogen (secondary N) is 1. The minimum absolute atomic E-state index is 0.104. The van der Waals surface area contributed by atoms with Gasteiger partial charge >= 0.3 is 0 Å². The van der Waals surface area contributed by atoms with E-state index >= 15 is 0 Å². The molecule has 0 radical (unpaired) electrons. The average molecular weight is 518 g/mol. The smallest absolute Gasteiger partial charge is 0.244 e. The number of hydrogen-bond acceptors (Lipinski definition) is 9. The monoisotopic (exact) mass is 517 g/mol. The van der Waals surface area contributed by atoms with E-state index in [1.807, 2.05) is 0 Å². The number of carbonyl (C=O) groups is 1. The molecule has 0 bridgehead atoms. The maximum Gasteiger partial charge on any atom is 0.244 e. The van der Waals surface area contributed by atoms with Crippen molar-refractivity contribution in [3.8, 4) is 11.5 Å². The van der Waals surface area contributed by atoms with Crippen LogP contribution in [-0.4, -0.2) is 61.2 Å². The van der Waals surface area contributed by atoms with Crippen molar-refractivity contribution in [2.75, 3.05) is 51.0 Å². The molecule has 2 aliphatic heterocycles. The van der Waals surface area contributed by atoms with Gasteiger partial charge < -0.3 is 19.7 Å². The van der Waals surface area contributed by atoms with Gasteiger partial charge in [0.15, 0.2) is 11.5 Å². The van der Waals surface area contributed by atoms with Crippen LogP contribution < -0.4 is 19.7 Å². The molecule has 3 aliphatic rings. The normalized spacial score (nSPS) is 21.1. The molecule has 1 aliphatic carbocycles. The highest BCUT2D eigenvalue weighted by Gasteiger charge is 2.43. The third kappa shape index (κ3) is 4.82. The number of carbonyl (C=O) groups excluding carboxylic acids is 1. The van der Waals surface area contributed by atoms with Gasteiger partial charge in [-0.1, -0.05) is 24.3 Å². The van der Waals surface area contributed by atoms with Gasteiger partial charge in [0, 0.05) is 74.2 Å². The fraction of sp³-hybridized carbons (Fsp3) is 0.333. The Labute approximate surface area is 218 Å². The van der Waals surface area contributed by atoms with Crippen molar-refractivity contribution < 1.29 is 14.3 Å². The van der Waals surface area contributed by atoms with Gasteiger partial charge in [0.1, 0.15) is 11.5 Å². The highest BCUT2D eigenvalue weighted by Crippen LogP contribution is 2.44. The van der Waals surface area contributed by atoms with Gasteiger partial charge in [-0.25, -0.2) is 0 Å². The molecule has 37 heavy (non-hydrogen) atoms. The third-order valence-corrected chi connectivity index (χ3v) is 8.16. The van der Waals surface area contributed by atoms with E-state index in [0.29, 0.717) is 29.5 Å². The van der Waals surface area contributed by atoms with Crippen LogP contribution in [0.25, 0.3) is 16.2 Å². The molecule has 0 unspecified atom stereocenters. The molecule has 0 spiro atoms. The van der Waals surface area contributed by atoms with Crippen LogP contribution >= 0.6 is 11.5 Å². The molecular formula is C27H27N5O4S. The second-order valence-electron chi connectivity index (χ2n) is 9.51. The van der Waals surface area contributed by atoms with Gasteiger partial charge in [-0.3, -0.25) is 9.69 Å². The molecule has 1 saturated carbocycles. The van der Waals surface area contributed by atoms with Gasteiger partial charge in [-0.05, 0) is 41.0 Å². The van der Waals surface area contributed by atoms with Gasteiger partial charge in [-0.2, -0.15) is 4.37 Å². The van der Waals surface area contributed by atoms with E-state index in [1.54, 1.807) is 23.7 Å². The Balaban J connectivity index is 0.971. The molecule has 9 nitrogen and oxygen atoms in total. The number of nitrogens with zero attached hydrogens (tertiary/aromatic N) is 4. The van der Waals surface area contributed by atoms with Crippen molar-refractivity contribution in [1.29, 1.82) is 0 Å². The highest BCUT2D eigenvalue weighted by molar-refractivity contribution is 7.13. The number of benzene rings is 2. The lowest BCUT2D eigenvalue weighted by Gasteiger charge is -2.35. The largest absolute Gasteiger partial charge is 0.454 e. The molecule has 2 fully saturated rings. The molecule has 1 aromatic heterocycles. The molecule has 2 atom stereocenters. The van der Waals surface area contributed by atoms with Crippen LogP contribution in [0, 0.1) is 16.7 Å². The van der Waals surface area contributed by atoms with E-state index in [9.17, 15) is 9.70 Å². The predicted octanol–water partition coefficient (Wildman–Crippen LogP) is 4.18. The fourth-order valence-electron chi connectivity index (χ4n) is 5.08. The van der Waals surface area contributed by atoms with Crippen LogP contribution in [0.3, 0.4) is 0 Å². The maximum absolute atomic E-state index is 12.4. The third-order valence-electron chi connectivity index (χ3n) is 7.34. The summed E-state index contributed by atoms with van der Waals surface area (Å²) in [6.07, 6.45) is 2.98. The first kappa shape index (κ1) is 23.6. The zero-order valence-corrected chi connectivity index (χ0v) is 21.1. The first-order valence-corrected chi connectivity index (χ1v) is 13.1.